The molecule has 156 valence electrons. The van der Waals surface area contributed by atoms with Crippen molar-refractivity contribution in [1.29, 1.82) is 0 Å². The van der Waals surface area contributed by atoms with Gasteiger partial charge in [0.15, 0.2) is 0 Å². The van der Waals surface area contributed by atoms with Gasteiger partial charge in [-0.3, -0.25) is 9.59 Å². The highest BCUT2D eigenvalue weighted by molar-refractivity contribution is 5.87. The Balaban J connectivity index is 1.81. The number of esters is 1. The number of carbonyl (C=O) groups is 2. The van der Waals surface area contributed by atoms with E-state index in [1.54, 1.807) is 6.07 Å². The van der Waals surface area contributed by atoms with E-state index < -0.39 is 23.5 Å². The van der Waals surface area contributed by atoms with Crippen LogP contribution >= 0.6 is 0 Å². The Morgan fingerprint density at radius 1 is 1.07 bits per heavy atom. The number of benzene rings is 2. The summed E-state index contributed by atoms with van der Waals surface area (Å²) in [5.74, 6) is -0.801. The lowest BCUT2D eigenvalue weighted by molar-refractivity contribution is -0.145. The topological polar surface area (TPSA) is 90.3 Å². The van der Waals surface area contributed by atoms with E-state index in [2.05, 4.69) is 10.4 Å². The van der Waals surface area contributed by atoms with E-state index in [-0.39, 0.29) is 12.5 Å². The highest BCUT2D eigenvalue weighted by Gasteiger charge is 2.23. The average molecular weight is 407 g/mol. The lowest BCUT2D eigenvalue weighted by Crippen LogP contribution is -2.44. The zero-order valence-corrected chi connectivity index (χ0v) is 17.3. The number of rotatable bonds is 7. The quantitative estimate of drug-likeness (QED) is 0.608. The van der Waals surface area contributed by atoms with E-state index in [0.29, 0.717) is 12.1 Å². The molecule has 0 saturated heterocycles. The first-order valence-corrected chi connectivity index (χ1v) is 9.82. The predicted molar refractivity (Wildman–Crippen MR) is 115 cm³/mol. The van der Waals surface area contributed by atoms with E-state index in [4.69, 9.17) is 4.74 Å². The summed E-state index contributed by atoms with van der Waals surface area (Å²) in [7, 11) is 1.28. The molecule has 0 unspecified atom stereocenters. The van der Waals surface area contributed by atoms with Crippen molar-refractivity contribution < 1.29 is 14.3 Å². The molecule has 3 aromatic rings. The maximum Gasteiger partial charge on any atom is 0.328 e. The van der Waals surface area contributed by atoms with Crippen LogP contribution in [0.3, 0.4) is 0 Å². The molecule has 0 radical (unpaired) electrons. The van der Waals surface area contributed by atoms with Crippen molar-refractivity contribution in [2.24, 2.45) is 5.92 Å². The largest absolute Gasteiger partial charge is 0.467 e. The van der Waals surface area contributed by atoms with E-state index in [9.17, 15) is 14.4 Å². The van der Waals surface area contributed by atoms with Crippen LogP contribution in [-0.2, 0) is 20.9 Å². The maximum absolute atomic E-state index is 12.5. The molecular weight excluding hydrogens is 382 g/mol. The average Bonchev–Trinajstić information content (AvgIpc) is 2.73. The van der Waals surface area contributed by atoms with Crippen molar-refractivity contribution in [2.45, 2.75) is 32.9 Å². The summed E-state index contributed by atoms with van der Waals surface area (Å²) in [4.78, 5) is 36.6. The van der Waals surface area contributed by atoms with Crippen LogP contribution in [0.4, 0.5) is 0 Å². The Morgan fingerprint density at radius 3 is 2.50 bits per heavy atom. The number of aromatic nitrogens is 2. The Labute approximate surface area is 174 Å². The fourth-order valence-corrected chi connectivity index (χ4v) is 3.27. The van der Waals surface area contributed by atoms with Gasteiger partial charge in [0, 0.05) is 11.6 Å². The Kier molecular flexibility index (Phi) is 6.61. The number of amides is 1. The minimum absolute atomic E-state index is 0.187. The third kappa shape index (κ3) is 5.11. The second-order valence-corrected chi connectivity index (χ2v) is 7.55. The molecule has 0 fully saturated rings. The Hall–Kier alpha value is -3.48. The number of carbonyl (C=O) groups excluding carboxylic acids is 2. The molecule has 1 heterocycles. The van der Waals surface area contributed by atoms with Gasteiger partial charge < -0.3 is 10.1 Å². The molecule has 0 aliphatic heterocycles. The molecule has 0 aliphatic rings. The molecule has 1 atom stereocenters. The highest BCUT2D eigenvalue weighted by Crippen LogP contribution is 2.22. The van der Waals surface area contributed by atoms with Gasteiger partial charge in [-0.1, -0.05) is 50.2 Å². The fourth-order valence-electron chi connectivity index (χ4n) is 3.27. The van der Waals surface area contributed by atoms with Crippen molar-refractivity contribution in [3.63, 3.8) is 0 Å². The van der Waals surface area contributed by atoms with E-state index in [0.717, 1.165) is 21.0 Å². The number of hydrogen-bond donors (Lipinski definition) is 1. The summed E-state index contributed by atoms with van der Waals surface area (Å²) >= 11 is 0. The minimum atomic E-state index is -0.762. The zero-order chi connectivity index (χ0) is 21.7. The van der Waals surface area contributed by atoms with Crippen molar-refractivity contribution >= 4 is 22.6 Å². The molecule has 30 heavy (non-hydrogen) atoms. The highest BCUT2D eigenvalue weighted by atomic mass is 16.5. The SMILES string of the molecule is COC(=O)[C@H](CC(C)C)NC(=O)Cn1nc(-c2ccc3ccccc3c2)ccc1=O. The van der Waals surface area contributed by atoms with Crippen LogP contribution in [0.15, 0.2) is 59.4 Å². The van der Waals surface area contributed by atoms with Crippen LogP contribution in [0.25, 0.3) is 22.0 Å². The molecule has 3 rings (SSSR count). The second kappa shape index (κ2) is 9.35. The summed E-state index contributed by atoms with van der Waals surface area (Å²) in [5, 5.41) is 9.16. The van der Waals surface area contributed by atoms with Gasteiger partial charge in [-0.25, -0.2) is 9.48 Å². The van der Waals surface area contributed by atoms with Crippen LogP contribution in [0, 0.1) is 5.92 Å². The van der Waals surface area contributed by atoms with E-state index in [1.165, 1.54) is 13.2 Å². The Bertz CT molecular complexity index is 1120. The van der Waals surface area contributed by atoms with Gasteiger partial charge in [-0.15, -0.1) is 0 Å². The van der Waals surface area contributed by atoms with Crippen LogP contribution in [0.2, 0.25) is 0 Å². The maximum atomic E-state index is 12.5. The lowest BCUT2D eigenvalue weighted by Gasteiger charge is -2.18. The minimum Gasteiger partial charge on any atom is -0.467 e. The van der Waals surface area contributed by atoms with Crippen LogP contribution < -0.4 is 10.9 Å². The van der Waals surface area contributed by atoms with Crippen LogP contribution in [-0.4, -0.2) is 34.8 Å². The molecule has 0 aliphatic carbocycles. The molecule has 1 amide bonds. The molecule has 1 N–H and O–H groups in total. The van der Waals surface area contributed by atoms with Crippen molar-refractivity contribution in [2.75, 3.05) is 7.11 Å². The number of nitrogens with one attached hydrogen (secondary N) is 1. The van der Waals surface area contributed by atoms with Crippen molar-refractivity contribution in [3.8, 4) is 11.3 Å². The normalized spacial score (nSPS) is 12.0. The molecule has 0 spiro atoms. The summed E-state index contributed by atoms with van der Waals surface area (Å²) in [6.45, 7) is 3.61. The molecule has 7 heteroatoms. The Morgan fingerprint density at radius 2 is 1.80 bits per heavy atom. The standard InChI is InChI=1S/C23H25N3O4/c1-15(2)12-20(23(29)30-3)24-21(27)14-26-22(28)11-10-19(25-26)18-9-8-16-6-4-5-7-17(16)13-18/h4-11,13,15,20H,12,14H2,1-3H3,(H,24,27)/t20-/m0/s1. The monoisotopic (exact) mass is 407 g/mol. The molecule has 1 aromatic heterocycles. The first-order chi connectivity index (χ1) is 14.4. The number of ether oxygens (including phenoxy) is 1. The number of hydrogen-bond acceptors (Lipinski definition) is 5. The van der Waals surface area contributed by atoms with Crippen LogP contribution in [0.1, 0.15) is 20.3 Å². The van der Waals surface area contributed by atoms with Gasteiger partial charge in [0.1, 0.15) is 12.6 Å². The predicted octanol–water partition coefficient (Wildman–Crippen LogP) is 2.77. The smallest absolute Gasteiger partial charge is 0.328 e. The molecule has 0 saturated carbocycles. The summed E-state index contributed by atoms with van der Waals surface area (Å²) in [5.41, 5.74) is 1.03. The summed E-state index contributed by atoms with van der Waals surface area (Å²) in [6, 6.07) is 16.1. The number of fused-ring (bicyclic) bond motifs is 1. The third-order valence-electron chi connectivity index (χ3n) is 4.73. The first-order valence-electron chi connectivity index (χ1n) is 9.82. The van der Waals surface area contributed by atoms with Gasteiger partial charge in [0.2, 0.25) is 5.91 Å². The van der Waals surface area contributed by atoms with Crippen LogP contribution in [0.5, 0.6) is 0 Å². The molecular formula is C23H25N3O4. The van der Waals surface area contributed by atoms with Gasteiger partial charge in [-0.05, 0) is 35.2 Å². The van der Waals surface area contributed by atoms with Gasteiger partial charge >= 0.3 is 5.97 Å². The van der Waals surface area contributed by atoms with Gasteiger partial charge in [0.05, 0.1) is 12.8 Å². The van der Waals surface area contributed by atoms with E-state index >= 15 is 0 Å². The molecule has 2 aromatic carbocycles. The third-order valence-corrected chi connectivity index (χ3v) is 4.73. The van der Waals surface area contributed by atoms with E-state index in [1.807, 2.05) is 56.3 Å². The first kappa shape index (κ1) is 21.2. The molecule has 7 nitrogen and oxygen atoms in total. The van der Waals surface area contributed by atoms with Crippen molar-refractivity contribution in [3.05, 3.63) is 65.0 Å². The van der Waals surface area contributed by atoms with Gasteiger partial charge in [-0.2, -0.15) is 5.10 Å². The molecule has 0 bridgehead atoms. The lowest BCUT2D eigenvalue weighted by atomic mass is 10.0. The van der Waals surface area contributed by atoms with Crippen molar-refractivity contribution in [1.82, 2.24) is 15.1 Å². The fraction of sp³-hybridized carbons (Fsp3) is 0.304. The number of nitrogens with zero attached hydrogens (tertiary/aromatic N) is 2. The second-order valence-electron chi connectivity index (χ2n) is 7.55. The number of methoxy groups -OCH3 is 1. The summed E-state index contributed by atoms with van der Waals surface area (Å²) < 4.78 is 5.86. The van der Waals surface area contributed by atoms with Gasteiger partial charge in [0.25, 0.3) is 5.56 Å². The summed E-state index contributed by atoms with van der Waals surface area (Å²) in [6.07, 6.45) is 0.442. The zero-order valence-electron chi connectivity index (χ0n) is 17.3.